The van der Waals surface area contributed by atoms with Crippen molar-refractivity contribution in [3.63, 3.8) is 0 Å². The molecule has 0 aliphatic carbocycles. The van der Waals surface area contributed by atoms with Crippen molar-refractivity contribution in [2.75, 3.05) is 0 Å². The SMILES string of the molecule is Cc1ccc2[nH]c(-c3ccn[nH]3)nc2c1[N+](=O)[O-]. The number of aryl methyl sites for hydroxylation is 1. The first-order valence-corrected chi connectivity index (χ1v) is 5.30. The summed E-state index contributed by atoms with van der Waals surface area (Å²) in [7, 11) is 0. The maximum absolute atomic E-state index is 11.1. The van der Waals surface area contributed by atoms with Gasteiger partial charge in [0.2, 0.25) is 0 Å². The van der Waals surface area contributed by atoms with Crippen molar-refractivity contribution < 1.29 is 4.92 Å². The fourth-order valence-electron chi connectivity index (χ4n) is 1.91. The number of benzene rings is 1. The molecule has 0 saturated heterocycles. The van der Waals surface area contributed by atoms with Crippen molar-refractivity contribution in [1.82, 2.24) is 20.2 Å². The van der Waals surface area contributed by atoms with Gasteiger partial charge in [0.15, 0.2) is 11.3 Å². The monoisotopic (exact) mass is 243 g/mol. The first kappa shape index (κ1) is 10.5. The van der Waals surface area contributed by atoms with E-state index in [0.717, 1.165) is 0 Å². The first-order valence-electron chi connectivity index (χ1n) is 5.30. The Morgan fingerprint density at radius 1 is 1.33 bits per heavy atom. The summed E-state index contributed by atoms with van der Waals surface area (Å²) in [6.45, 7) is 1.70. The lowest BCUT2D eigenvalue weighted by atomic mass is 10.2. The van der Waals surface area contributed by atoms with Crippen LogP contribution in [-0.2, 0) is 0 Å². The lowest BCUT2D eigenvalue weighted by molar-refractivity contribution is -0.383. The normalized spacial score (nSPS) is 10.9. The van der Waals surface area contributed by atoms with Crippen molar-refractivity contribution in [3.05, 3.63) is 40.1 Å². The van der Waals surface area contributed by atoms with Crippen LogP contribution in [0.3, 0.4) is 0 Å². The van der Waals surface area contributed by atoms with Crippen molar-refractivity contribution in [2.45, 2.75) is 6.92 Å². The Labute approximate surface area is 101 Å². The van der Waals surface area contributed by atoms with E-state index in [1.54, 1.807) is 31.3 Å². The third kappa shape index (κ3) is 1.45. The summed E-state index contributed by atoms with van der Waals surface area (Å²) in [5.74, 6) is 0.538. The molecule has 0 saturated carbocycles. The fraction of sp³-hybridized carbons (Fsp3) is 0.0909. The Morgan fingerprint density at radius 3 is 2.83 bits per heavy atom. The standard InChI is InChI=1S/C11H9N5O2/c1-6-2-3-7-9(10(6)16(17)18)14-11(13-7)8-4-5-12-15-8/h2-5H,1H3,(H,12,15)(H,13,14). The lowest BCUT2D eigenvalue weighted by Gasteiger charge is -1.96. The summed E-state index contributed by atoms with van der Waals surface area (Å²) < 4.78 is 0. The second kappa shape index (κ2) is 3.66. The molecule has 3 aromatic rings. The summed E-state index contributed by atoms with van der Waals surface area (Å²) >= 11 is 0. The van der Waals surface area contributed by atoms with Crippen LogP contribution in [-0.4, -0.2) is 25.1 Å². The van der Waals surface area contributed by atoms with Gasteiger partial charge in [-0.2, -0.15) is 5.10 Å². The number of H-pyrrole nitrogens is 2. The number of nitrogens with zero attached hydrogens (tertiary/aromatic N) is 3. The van der Waals surface area contributed by atoms with E-state index in [2.05, 4.69) is 20.2 Å². The predicted molar refractivity (Wildman–Crippen MR) is 65.1 cm³/mol. The highest BCUT2D eigenvalue weighted by Crippen LogP contribution is 2.29. The molecule has 0 unspecified atom stereocenters. The zero-order valence-electron chi connectivity index (χ0n) is 9.47. The molecule has 0 atom stereocenters. The van der Waals surface area contributed by atoms with Gasteiger partial charge in [0.25, 0.3) is 5.69 Å². The third-order valence-corrected chi connectivity index (χ3v) is 2.77. The van der Waals surface area contributed by atoms with Crippen molar-refractivity contribution in [1.29, 1.82) is 0 Å². The average Bonchev–Trinajstić information content (AvgIpc) is 2.95. The summed E-state index contributed by atoms with van der Waals surface area (Å²) in [5, 5.41) is 17.7. The Balaban J connectivity index is 2.30. The van der Waals surface area contributed by atoms with E-state index in [1.165, 1.54) is 0 Å². The van der Waals surface area contributed by atoms with Gasteiger partial charge in [-0.1, -0.05) is 6.07 Å². The third-order valence-electron chi connectivity index (χ3n) is 2.77. The molecule has 0 fully saturated rings. The molecule has 0 radical (unpaired) electrons. The summed E-state index contributed by atoms with van der Waals surface area (Å²) in [4.78, 5) is 18.0. The predicted octanol–water partition coefficient (Wildman–Crippen LogP) is 2.17. The Hall–Kier alpha value is -2.70. The second-order valence-corrected chi connectivity index (χ2v) is 3.94. The zero-order valence-corrected chi connectivity index (χ0v) is 9.47. The van der Waals surface area contributed by atoms with Crippen LogP contribution in [0.25, 0.3) is 22.6 Å². The van der Waals surface area contributed by atoms with Crippen LogP contribution in [0.5, 0.6) is 0 Å². The van der Waals surface area contributed by atoms with Crippen LogP contribution < -0.4 is 0 Å². The van der Waals surface area contributed by atoms with Gasteiger partial charge in [0.05, 0.1) is 10.4 Å². The minimum absolute atomic E-state index is 0.0366. The summed E-state index contributed by atoms with van der Waals surface area (Å²) in [6.07, 6.45) is 1.60. The van der Waals surface area contributed by atoms with Crippen LogP contribution in [0, 0.1) is 17.0 Å². The van der Waals surface area contributed by atoms with Gasteiger partial charge in [0, 0.05) is 11.8 Å². The van der Waals surface area contributed by atoms with Gasteiger partial charge >= 0.3 is 0 Å². The summed E-state index contributed by atoms with van der Waals surface area (Å²) in [6, 6.07) is 5.23. The Morgan fingerprint density at radius 2 is 2.17 bits per heavy atom. The molecule has 2 heterocycles. The maximum atomic E-state index is 11.1. The molecular formula is C11H9N5O2. The van der Waals surface area contributed by atoms with E-state index in [1.807, 2.05) is 0 Å². The fourth-order valence-corrected chi connectivity index (χ4v) is 1.91. The van der Waals surface area contributed by atoms with Crippen LogP contribution in [0.15, 0.2) is 24.4 Å². The number of hydrogen-bond acceptors (Lipinski definition) is 4. The number of aromatic amines is 2. The highest BCUT2D eigenvalue weighted by atomic mass is 16.6. The van der Waals surface area contributed by atoms with Gasteiger partial charge in [-0.3, -0.25) is 15.2 Å². The molecule has 0 amide bonds. The molecule has 0 bridgehead atoms. The number of nitro benzene ring substituents is 1. The number of aromatic nitrogens is 4. The molecule has 2 aromatic heterocycles. The van der Waals surface area contributed by atoms with Crippen molar-refractivity contribution in [3.8, 4) is 11.5 Å². The van der Waals surface area contributed by atoms with Crippen LogP contribution in [0.1, 0.15) is 5.56 Å². The first-order chi connectivity index (χ1) is 8.66. The largest absolute Gasteiger partial charge is 0.336 e. The molecule has 0 aliphatic rings. The number of imidazole rings is 1. The molecular weight excluding hydrogens is 234 g/mol. The molecule has 7 nitrogen and oxygen atoms in total. The number of rotatable bonds is 2. The average molecular weight is 243 g/mol. The van der Waals surface area contributed by atoms with E-state index < -0.39 is 4.92 Å². The van der Waals surface area contributed by atoms with E-state index >= 15 is 0 Å². The Kier molecular flexibility index (Phi) is 2.12. The molecule has 3 rings (SSSR count). The number of hydrogen-bond donors (Lipinski definition) is 2. The van der Waals surface area contributed by atoms with Crippen LogP contribution in [0.4, 0.5) is 5.69 Å². The topological polar surface area (TPSA) is 100 Å². The highest BCUT2D eigenvalue weighted by Gasteiger charge is 2.19. The second-order valence-electron chi connectivity index (χ2n) is 3.94. The molecule has 2 N–H and O–H groups in total. The molecule has 7 heteroatoms. The molecule has 0 spiro atoms. The molecule has 90 valence electrons. The minimum atomic E-state index is -0.407. The number of nitrogens with one attached hydrogen (secondary N) is 2. The molecule has 18 heavy (non-hydrogen) atoms. The Bertz CT molecular complexity index is 729. The van der Waals surface area contributed by atoms with Crippen LogP contribution >= 0.6 is 0 Å². The molecule has 1 aromatic carbocycles. The number of nitro groups is 1. The van der Waals surface area contributed by atoms with E-state index in [0.29, 0.717) is 28.1 Å². The van der Waals surface area contributed by atoms with Crippen molar-refractivity contribution in [2.24, 2.45) is 0 Å². The smallest absolute Gasteiger partial charge is 0.299 e. The summed E-state index contributed by atoms with van der Waals surface area (Å²) in [5.41, 5.74) is 2.32. The van der Waals surface area contributed by atoms with Gasteiger partial charge in [-0.25, -0.2) is 4.98 Å². The van der Waals surface area contributed by atoms with Gasteiger partial charge < -0.3 is 4.98 Å². The van der Waals surface area contributed by atoms with E-state index in [-0.39, 0.29) is 5.69 Å². The van der Waals surface area contributed by atoms with E-state index in [9.17, 15) is 10.1 Å². The van der Waals surface area contributed by atoms with Gasteiger partial charge in [0.1, 0.15) is 5.69 Å². The van der Waals surface area contributed by atoms with Gasteiger partial charge in [-0.15, -0.1) is 0 Å². The lowest BCUT2D eigenvalue weighted by Crippen LogP contribution is -1.92. The van der Waals surface area contributed by atoms with Crippen LogP contribution in [0.2, 0.25) is 0 Å². The van der Waals surface area contributed by atoms with E-state index in [4.69, 9.17) is 0 Å². The number of fused-ring (bicyclic) bond motifs is 1. The minimum Gasteiger partial charge on any atom is -0.336 e. The zero-order chi connectivity index (χ0) is 12.7. The van der Waals surface area contributed by atoms with Crippen molar-refractivity contribution >= 4 is 16.7 Å². The highest BCUT2D eigenvalue weighted by molar-refractivity contribution is 5.88. The maximum Gasteiger partial charge on any atom is 0.299 e. The van der Waals surface area contributed by atoms with Gasteiger partial charge in [-0.05, 0) is 19.1 Å². The molecule has 0 aliphatic heterocycles. The quantitative estimate of drug-likeness (QED) is 0.532.